The summed E-state index contributed by atoms with van der Waals surface area (Å²) in [5, 5.41) is 0.543. The number of carbonyl (C=O) groups excluding carboxylic acids is 2. The lowest BCUT2D eigenvalue weighted by Crippen LogP contribution is -2.45. The zero-order valence-corrected chi connectivity index (χ0v) is 17.6. The molecule has 2 aromatic carbocycles. The number of ether oxygens (including phenoxy) is 2. The molecule has 0 aliphatic heterocycles. The summed E-state index contributed by atoms with van der Waals surface area (Å²) < 4.78 is 12.3. The quantitative estimate of drug-likeness (QED) is 0.585. The van der Waals surface area contributed by atoms with Crippen LogP contribution < -0.4 is 20.3 Å². The Labute approximate surface area is 172 Å². The van der Waals surface area contributed by atoms with Gasteiger partial charge in [-0.15, -0.1) is 0 Å². The molecule has 9 heteroatoms. The Morgan fingerprint density at radius 3 is 2.12 bits per heavy atom. The molecule has 0 aromatic heterocycles. The highest BCUT2D eigenvalue weighted by molar-refractivity contribution is 9.10. The number of hydrogen-bond donors (Lipinski definition) is 2. The van der Waals surface area contributed by atoms with Crippen LogP contribution in [0, 0.1) is 6.92 Å². The summed E-state index contributed by atoms with van der Waals surface area (Å²) in [5.41, 5.74) is 5.40. The van der Waals surface area contributed by atoms with Crippen molar-refractivity contribution in [3.05, 3.63) is 55.9 Å². The Kier molecular flexibility index (Phi) is 7.74. The van der Waals surface area contributed by atoms with Crippen molar-refractivity contribution < 1.29 is 19.1 Å². The number of halogens is 3. The van der Waals surface area contributed by atoms with Gasteiger partial charge in [0.1, 0.15) is 11.5 Å². The maximum atomic E-state index is 11.7. The minimum atomic E-state index is -0.514. The molecule has 2 aromatic rings. The van der Waals surface area contributed by atoms with Gasteiger partial charge in [0.25, 0.3) is 11.8 Å². The fraction of sp³-hybridized carbons (Fsp3) is 0.176. The summed E-state index contributed by atoms with van der Waals surface area (Å²) in [6.45, 7) is 1.37. The van der Waals surface area contributed by atoms with Crippen molar-refractivity contribution in [3.63, 3.8) is 0 Å². The van der Waals surface area contributed by atoms with Crippen LogP contribution >= 0.6 is 43.5 Å². The van der Waals surface area contributed by atoms with Crippen LogP contribution in [-0.4, -0.2) is 25.0 Å². The number of nitrogens with one attached hydrogen (secondary N) is 2. The smallest absolute Gasteiger partial charge is 0.276 e. The van der Waals surface area contributed by atoms with Gasteiger partial charge in [0.2, 0.25) is 0 Å². The zero-order chi connectivity index (χ0) is 19.1. The Hall–Kier alpha value is -1.77. The maximum Gasteiger partial charge on any atom is 0.276 e. The summed E-state index contributed by atoms with van der Waals surface area (Å²) >= 11 is 12.5. The van der Waals surface area contributed by atoms with Crippen LogP contribution in [0.2, 0.25) is 5.02 Å². The maximum absolute atomic E-state index is 11.7. The van der Waals surface area contributed by atoms with Gasteiger partial charge in [-0.25, -0.2) is 0 Å². The minimum Gasteiger partial charge on any atom is -0.483 e. The fourth-order valence-corrected chi connectivity index (χ4v) is 3.14. The van der Waals surface area contributed by atoms with Crippen LogP contribution in [0.15, 0.2) is 45.3 Å². The van der Waals surface area contributed by atoms with Crippen molar-refractivity contribution in [2.75, 3.05) is 13.2 Å². The first-order valence-corrected chi connectivity index (χ1v) is 9.36. The second kappa shape index (κ2) is 9.80. The van der Waals surface area contributed by atoms with Crippen LogP contribution in [-0.2, 0) is 9.59 Å². The van der Waals surface area contributed by atoms with E-state index in [1.54, 1.807) is 24.3 Å². The molecule has 0 unspecified atom stereocenters. The highest BCUT2D eigenvalue weighted by Crippen LogP contribution is 2.27. The van der Waals surface area contributed by atoms with Crippen LogP contribution in [0.25, 0.3) is 0 Å². The second-order valence-electron chi connectivity index (χ2n) is 5.16. The predicted molar refractivity (Wildman–Crippen MR) is 105 cm³/mol. The van der Waals surface area contributed by atoms with E-state index < -0.39 is 11.8 Å². The summed E-state index contributed by atoms with van der Waals surface area (Å²) in [6, 6.07) is 10.4. The molecule has 0 spiro atoms. The molecular weight excluding hydrogens is 491 g/mol. The molecule has 0 atom stereocenters. The van der Waals surface area contributed by atoms with Crippen molar-refractivity contribution in [2.45, 2.75) is 6.92 Å². The van der Waals surface area contributed by atoms with E-state index >= 15 is 0 Å². The molecule has 2 N–H and O–H groups in total. The number of hydrogen-bond acceptors (Lipinski definition) is 4. The first kappa shape index (κ1) is 20.5. The van der Waals surface area contributed by atoms with Crippen molar-refractivity contribution in [2.24, 2.45) is 0 Å². The van der Waals surface area contributed by atoms with E-state index in [9.17, 15) is 9.59 Å². The summed E-state index contributed by atoms with van der Waals surface area (Å²) in [5.74, 6) is 0.0453. The summed E-state index contributed by atoms with van der Waals surface area (Å²) in [4.78, 5) is 23.5. The van der Waals surface area contributed by atoms with Crippen LogP contribution in [0.1, 0.15) is 5.56 Å². The number of hydrazine groups is 1. The molecule has 6 nitrogen and oxygen atoms in total. The highest BCUT2D eigenvalue weighted by Gasteiger charge is 2.09. The highest BCUT2D eigenvalue weighted by atomic mass is 79.9. The van der Waals surface area contributed by atoms with Gasteiger partial charge in [0.15, 0.2) is 13.2 Å². The van der Waals surface area contributed by atoms with Gasteiger partial charge in [-0.05, 0) is 64.8 Å². The van der Waals surface area contributed by atoms with Crippen molar-refractivity contribution in [1.29, 1.82) is 0 Å². The van der Waals surface area contributed by atoms with Crippen molar-refractivity contribution >= 4 is 55.3 Å². The van der Waals surface area contributed by atoms with Gasteiger partial charge in [0, 0.05) is 9.50 Å². The SMILES string of the molecule is Cc1cc(Br)ccc1OCC(=O)NNC(=O)COc1ccc(Cl)cc1Br. The Morgan fingerprint density at radius 2 is 1.54 bits per heavy atom. The topological polar surface area (TPSA) is 76.7 Å². The van der Waals surface area contributed by atoms with E-state index in [0.717, 1.165) is 10.0 Å². The molecule has 26 heavy (non-hydrogen) atoms. The third-order valence-corrected chi connectivity index (χ3v) is 4.44. The van der Waals surface area contributed by atoms with E-state index in [1.165, 1.54) is 0 Å². The summed E-state index contributed by atoms with van der Waals surface area (Å²) in [7, 11) is 0. The standard InChI is InChI=1S/C17H15Br2ClN2O4/c1-10-6-11(18)2-4-14(10)25-8-16(23)21-22-17(24)9-26-15-5-3-12(20)7-13(15)19/h2-7H,8-9H2,1H3,(H,21,23)(H,22,24). The van der Waals surface area contributed by atoms with Crippen LogP contribution in [0.4, 0.5) is 0 Å². The minimum absolute atomic E-state index is 0.230. The fourth-order valence-electron chi connectivity index (χ4n) is 1.87. The predicted octanol–water partition coefficient (Wildman–Crippen LogP) is 3.78. The molecule has 0 saturated carbocycles. The lowest BCUT2D eigenvalue weighted by atomic mass is 10.2. The number of carbonyl (C=O) groups is 2. The lowest BCUT2D eigenvalue weighted by molar-refractivity contribution is -0.131. The molecule has 0 heterocycles. The Morgan fingerprint density at radius 1 is 0.962 bits per heavy atom. The van der Waals surface area contributed by atoms with Gasteiger partial charge < -0.3 is 9.47 Å². The molecule has 0 aliphatic rings. The van der Waals surface area contributed by atoms with Gasteiger partial charge in [0.05, 0.1) is 4.47 Å². The third kappa shape index (κ3) is 6.51. The average Bonchev–Trinajstić information content (AvgIpc) is 2.58. The third-order valence-electron chi connectivity index (χ3n) is 3.09. The lowest BCUT2D eigenvalue weighted by Gasteiger charge is -2.11. The first-order chi connectivity index (χ1) is 12.3. The largest absolute Gasteiger partial charge is 0.483 e. The van der Waals surface area contributed by atoms with Crippen molar-refractivity contribution in [1.82, 2.24) is 10.9 Å². The molecule has 0 saturated heterocycles. The zero-order valence-electron chi connectivity index (χ0n) is 13.6. The molecule has 2 amide bonds. The average molecular weight is 507 g/mol. The molecule has 0 fully saturated rings. The van der Waals surface area contributed by atoms with Gasteiger partial charge in [-0.1, -0.05) is 27.5 Å². The molecule has 138 valence electrons. The van der Waals surface area contributed by atoms with E-state index in [4.69, 9.17) is 21.1 Å². The van der Waals surface area contributed by atoms with E-state index in [-0.39, 0.29) is 13.2 Å². The van der Waals surface area contributed by atoms with E-state index in [1.807, 2.05) is 19.1 Å². The van der Waals surface area contributed by atoms with Crippen molar-refractivity contribution in [3.8, 4) is 11.5 Å². The van der Waals surface area contributed by atoms with Gasteiger partial charge in [-0.2, -0.15) is 0 Å². The van der Waals surface area contributed by atoms with Crippen LogP contribution in [0.5, 0.6) is 11.5 Å². The Bertz CT molecular complexity index is 750. The molecular formula is C17H15Br2ClN2O4. The monoisotopic (exact) mass is 504 g/mol. The van der Waals surface area contributed by atoms with Gasteiger partial charge in [-0.3, -0.25) is 20.4 Å². The van der Waals surface area contributed by atoms with E-state index in [0.29, 0.717) is 21.0 Å². The summed E-state index contributed by atoms with van der Waals surface area (Å²) in [6.07, 6.45) is 0. The molecule has 0 radical (unpaired) electrons. The van der Waals surface area contributed by atoms with Gasteiger partial charge >= 0.3 is 0 Å². The van der Waals surface area contributed by atoms with E-state index in [2.05, 4.69) is 42.7 Å². The molecule has 0 aliphatic carbocycles. The number of aryl methyl sites for hydroxylation is 1. The second-order valence-corrected chi connectivity index (χ2v) is 7.36. The van der Waals surface area contributed by atoms with Crippen LogP contribution in [0.3, 0.4) is 0 Å². The molecule has 0 bridgehead atoms. The normalized spacial score (nSPS) is 10.2. The number of amides is 2. The molecule has 2 rings (SSSR count). The first-order valence-electron chi connectivity index (χ1n) is 7.39. The number of rotatable bonds is 6. The number of benzene rings is 2. The Balaban J connectivity index is 1.72.